The Morgan fingerprint density at radius 1 is 1.20 bits per heavy atom. The molecule has 0 aliphatic carbocycles. The van der Waals surface area contributed by atoms with Crippen LogP contribution in [-0.2, 0) is 12.6 Å². The lowest BCUT2D eigenvalue weighted by molar-refractivity contribution is -0.137. The Hall–Kier alpha value is -0.770. The van der Waals surface area contributed by atoms with Crippen LogP contribution in [0.2, 0.25) is 0 Å². The zero-order valence-electron chi connectivity index (χ0n) is 7.74. The second kappa shape index (κ2) is 4.84. The van der Waals surface area contributed by atoms with Crippen molar-refractivity contribution in [2.45, 2.75) is 19.0 Å². The first-order valence-electron chi connectivity index (χ1n) is 4.36. The predicted molar refractivity (Wildman–Crippen MR) is 50.4 cm³/mol. The van der Waals surface area contributed by atoms with Crippen molar-refractivity contribution in [3.05, 3.63) is 35.1 Å². The highest BCUT2D eigenvalue weighted by molar-refractivity contribution is 6.17. The quantitative estimate of drug-likeness (QED) is 0.553. The maximum Gasteiger partial charge on any atom is 0.416 e. The summed E-state index contributed by atoms with van der Waals surface area (Å²) < 4.78 is 49.7. The minimum atomic E-state index is -4.49. The van der Waals surface area contributed by atoms with E-state index < -0.39 is 17.6 Å². The zero-order chi connectivity index (χ0) is 11.5. The van der Waals surface area contributed by atoms with Gasteiger partial charge in [-0.3, -0.25) is 0 Å². The van der Waals surface area contributed by atoms with Crippen LogP contribution < -0.4 is 0 Å². The summed E-state index contributed by atoms with van der Waals surface area (Å²) in [6, 6.07) is 2.56. The van der Waals surface area contributed by atoms with Crippen molar-refractivity contribution in [2.75, 3.05) is 5.88 Å². The number of rotatable bonds is 3. The topological polar surface area (TPSA) is 0 Å². The summed E-state index contributed by atoms with van der Waals surface area (Å²) in [5, 5.41) is 0. The normalized spacial score (nSPS) is 11.8. The second-order valence-electron chi connectivity index (χ2n) is 3.10. The highest BCUT2D eigenvalue weighted by atomic mass is 35.5. The number of halogens is 5. The first-order valence-corrected chi connectivity index (χ1v) is 4.90. The van der Waals surface area contributed by atoms with Crippen LogP contribution in [0.5, 0.6) is 0 Å². The molecule has 0 saturated heterocycles. The molecule has 1 aromatic carbocycles. The van der Waals surface area contributed by atoms with E-state index >= 15 is 0 Å². The Bertz CT molecular complexity index is 333. The average molecular weight is 241 g/mol. The van der Waals surface area contributed by atoms with Gasteiger partial charge in [-0.25, -0.2) is 4.39 Å². The van der Waals surface area contributed by atoms with Crippen molar-refractivity contribution in [3.8, 4) is 0 Å². The monoisotopic (exact) mass is 240 g/mol. The number of aryl methyl sites for hydroxylation is 1. The molecule has 84 valence electrons. The molecule has 0 radical (unpaired) electrons. The van der Waals surface area contributed by atoms with Crippen LogP contribution in [0.25, 0.3) is 0 Å². The van der Waals surface area contributed by atoms with Gasteiger partial charge in [0.25, 0.3) is 0 Å². The minimum Gasteiger partial charge on any atom is -0.207 e. The van der Waals surface area contributed by atoms with Crippen molar-refractivity contribution in [2.24, 2.45) is 0 Å². The molecule has 0 amide bonds. The van der Waals surface area contributed by atoms with Gasteiger partial charge in [0.05, 0.1) is 5.56 Å². The molecule has 0 unspecified atom stereocenters. The molecule has 0 atom stereocenters. The van der Waals surface area contributed by atoms with Gasteiger partial charge >= 0.3 is 6.18 Å². The molecule has 0 saturated carbocycles. The number of benzene rings is 1. The summed E-state index contributed by atoms with van der Waals surface area (Å²) >= 11 is 5.41. The summed E-state index contributed by atoms with van der Waals surface area (Å²) in [5.41, 5.74) is -0.696. The van der Waals surface area contributed by atoms with Gasteiger partial charge in [0.2, 0.25) is 0 Å². The van der Waals surface area contributed by atoms with Crippen LogP contribution in [0.15, 0.2) is 18.2 Å². The van der Waals surface area contributed by atoms with E-state index in [1.54, 1.807) is 0 Å². The van der Waals surface area contributed by atoms with Crippen LogP contribution in [0.3, 0.4) is 0 Å². The van der Waals surface area contributed by atoms with E-state index in [1.165, 1.54) is 0 Å². The van der Waals surface area contributed by atoms with Gasteiger partial charge < -0.3 is 0 Å². The molecule has 0 aromatic heterocycles. The van der Waals surface area contributed by atoms with Crippen LogP contribution in [0.4, 0.5) is 17.6 Å². The largest absolute Gasteiger partial charge is 0.416 e. The smallest absolute Gasteiger partial charge is 0.207 e. The van der Waals surface area contributed by atoms with E-state index in [2.05, 4.69) is 0 Å². The molecule has 0 N–H and O–H groups in total. The Morgan fingerprint density at radius 3 is 2.33 bits per heavy atom. The van der Waals surface area contributed by atoms with E-state index in [0.29, 0.717) is 24.8 Å². The zero-order valence-corrected chi connectivity index (χ0v) is 8.50. The van der Waals surface area contributed by atoms with Crippen molar-refractivity contribution in [3.63, 3.8) is 0 Å². The van der Waals surface area contributed by atoms with Crippen molar-refractivity contribution in [1.82, 2.24) is 0 Å². The fourth-order valence-electron chi connectivity index (χ4n) is 1.18. The fourth-order valence-corrected chi connectivity index (χ4v) is 1.32. The average Bonchev–Trinajstić information content (AvgIpc) is 2.14. The third-order valence-electron chi connectivity index (χ3n) is 1.96. The molecule has 0 aliphatic heterocycles. The third kappa shape index (κ3) is 3.38. The first-order chi connectivity index (χ1) is 6.95. The Labute approximate surface area is 89.9 Å². The van der Waals surface area contributed by atoms with E-state index in [-0.39, 0.29) is 5.56 Å². The molecule has 0 heterocycles. The molecule has 0 spiro atoms. The third-order valence-corrected chi connectivity index (χ3v) is 2.23. The van der Waals surface area contributed by atoms with Gasteiger partial charge in [-0.05, 0) is 30.5 Å². The van der Waals surface area contributed by atoms with Gasteiger partial charge in [-0.2, -0.15) is 13.2 Å². The van der Waals surface area contributed by atoms with E-state index in [0.717, 1.165) is 12.1 Å². The fraction of sp³-hybridized carbons (Fsp3) is 0.400. The Balaban J connectivity index is 2.88. The number of alkyl halides is 4. The SMILES string of the molecule is Fc1cc(C(F)(F)F)ccc1CCCCl. The van der Waals surface area contributed by atoms with Crippen LogP contribution in [0.1, 0.15) is 17.5 Å². The standard InChI is InChI=1S/C10H9ClF4/c11-5-1-2-7-3-4-8(6-9(7)12)10(13,14)15/h3-4,6H,1-2,5H2. The maximum atomic E-state index is 13.2. The minimum absolute atomic E-state index is 0.267. The van der Waals surface area contributed by atoms with Gasteiger partial charge in [0.15, 0.2) is 0 Å². The molecular formula is C10H9ClF4. The number of hydrogen-bond donors (Lipinski definition) is 0. The van der Waals surface area contributed by atoms with E-state index in [9.17, 15) is 17.6 Å². The van der Waals surface area contributed by atoms with Gasteiger partial charge in [0, 0.05) is 5.88 Å². The summed E-state index contributed by atoms with van der Waals surface area (Å²) in [6.07, 6.45) is -3.59. The van der Waals surface area contributed by atoms with E-state index in [1.807, 2.05) is 0 Å². The lowest BCUT2D eigenvalue weighted by Crippen LogP contribution is -2.06. The predicted octanol–water partition coefficient (Wildman–Crippen LogP) is 4.02. The summed E-state index contributed by atoms with van der Waals surface area (Å²) in [6.45, 7) is 0. The first kappa shape index (κ1) is 12.3. The highest BCUT2D eigenvalue weighted by Crippen LogP contribution is 2.30. The second-order valence-corrected chi connectivity index (χ2v) is 3.47. The van der Waals surface area contributed by atoms with Crippen LogP contribution in [-0.4, -0.2) is 5.88 Å². The van der Waals surface area contributed by atoms with Gasteiger partial charge in [0.1, 0.15) is 5.82 Å². The van der Waals surface area contributed by atoms with Crippen molar-refractivity contribution in [1.29, 1.82) is 0 Å². The van der Waals surface area contributed by atoms with Gasteiger partial charge in [-0.1, -0.05) is 6.07 Å². The lowest BCUT2D eigenvalue weighted by atomic mass is 10.1. The molecule has 0 aliphatic rings. The molecule has 5 heteroatoms. The Morgan fingerprint density at radius 2 is 1.87 bits per heavy atom. The van der Waals surface area contributed by atoms with Crippen molar-refractivity contribution >= 4 is 11.6 Å². The van der Waals surface area contributed by atoms with E-state index in [4.69, 9.17) is 11.6 Å². The lowest BCUT2D eigenvalue weighted by Gasteiger charge is -2.08. The summed E-state index contributed by atoms with van der Waals surface area (Å²) in [4.78, 5) is 0. The van der Waals surface area contributed by atoms with Crippen LogP contribution >= 0.6 is 11.6 Å². The number of hydrogen-bond acceptors (Lipinski definition) is 0. The maximum absolute atomic E-state index is 13.2. The Kier molecular flexibility index (Phi) is 3.97. The molecule has 1 aromatic rings. The summed E-state index contributed by atoms with van der Waals surface area (Å²) in [5.74, 6) is -0.463. The molecule has 15 heavy (non-hydrogen) atoms. The highest BCUT2D eigenvalue weighted by Gasteiger charge is 2.30. The molecule has 0 nitrogen and oxygen atoms in total. The summed E-state index contributed by atoms with van der Waals surface area (Å²) in [7, 11) is 0. The molecular weight excluding hydrogens is 232 g/mol. The molecule has 1 rings (SSSR count). The van der Waals surface area contributed by atoms with Crippen molar-refractivity contribution < 1.29 is 17.6 Å². The molecule has 0 fully saturated rings. The van der Waals surface area contributed by atoms with Gasteiger partial charge in [-0.15, -0.1) is 11.6 Å². The van der Waals surface area contributed by atoms with Crippen LogP contribution in [0, 0.1) is 5.82 Å². The molecule has 0 bridgehead atoms.